The molecule has 0 fully saturated rings. The first kappa shape index (κ1) is 14.7. The van der Waals surface area contributed by atoms with E-state index in [0.717, 1.165) is 12.1 Å². The van der Waals surface area contributed by atoms with Gasteiger partial charge in [-0.3, -0.25) is 4.79 Å². The Morgan fingerprint density at radius 3 is 2.26 bits per heavy atom. The summed E-state index contributed by atoms with van der Waals surface area (Å²) < 4.78 is 42.2. The van der Waals surface area contributed by atoms with Crippen LogP contribution >= 0.6 is 0 Å². The van der Waals surface area contributed by atoms with Crippen molar-refractivity contribution in [3.05, 3.63) is 34.4 Å². The highest BCUT2D eigenvalue weighted by atomic mass is 19.4. The molecule has 0 saturated carbocycles. The van der Waals surface area contributed by atoms with Crippen LogP contribution in [0.3, 0.4) is 0 Å². The molecule has 9 heteroatoms. The van der Waals surface area contributed by atoms with Crippen LogP contribution in [0, 0.1) is 0 Å². The van der Waals surface area contributed by atoms with Crippen LogP contribution in [-0.4, -0.2) is 28.7 Å². The summed E-state index contributed by atoms with van der Waals surface area (Å²) in [4.78, 5) is 32.8. The highest BCUT2D eigenvalue weighted by molar-refractivity contribution is 5.97. The van der Waals surface area contributed by atoms with Gasteiger partial charge in [0.15, 0.2) is 0 Å². The fourth-order valence-electron chi connectivity index (χ4n) is 1.03. The number of carbonyl (C=O) groups excluding carboxylic acids is 1. The average molecular weight is 279 g/mol. The van der Waals surface area contributed by atoms with Crippen LogP contribution in [-0.2, 0) is 4.79 Å². The zero-order chi connectivity index (χ0) is 14.8. The van der Waals surface area contributed by atoms with E-state index in [1.807, 2.05) is 0 Å². The Morgan fingerprint density at radius 1 is 1.32 bits per heavy atom. The Labute approximate surface area is 103 Å². The third-order valence-corrected chi connectivity index (χ3v) is 2.32. The minimum Gasteiger partial charge on any atom is -0.479 e. The molecule has 0 bridgehead atoms. The van der Waals surface area contributed by atoms with E-state index in [9.17, 15) is 27.6 Å². The van der Waals surface area contributed by atoms with Crippen molar-refractivity contribution in [2.75, 3.05) is 0 Å². The van der Waals surface area contributed by atoms with E-state index < -0.39 is 34.8 Å². The molecule has 0 saturated heterocycles. The fraction of sp³-hybridized carbons (Fsp3) is 0.300. The Bertz CT molecular complexity index is 545. The molecule has 0 radical (unpaired) electrons. The summed E-state index contributed by atoms with van der Waals surface area (Å²) in [6.07, 6.45) is -4.56. The van der Waals surface area contributed by atoms with Gasteiger partial charge in [-0.1, -0.05) is 0 Å². The summed E-state index contributed by atoms with van der Waals surface area (Å²) in [5, 5.41) is 9.94. The van der Waals surface area contributed by atoms with Crippen LogP contribution in [0.25, 0.3) is 0 Å². The smallest absolute Gasteiger partial charge is 0.422 e. The molecular formula is C10H8F3NO5. The lowest BCUT2D eigenvalue weighted by molar-refractivity contribution is -0.203. The van der Waals surface area contributed by atoms with Crippen molar-refractivity contribution in [1.29, 1.82) is 0 Å². The maximum absolute atomic E-state index is 12.6. The van der Waals surface area contributed by atoms with Crippen LogP contribution in [0.15, 0.2) is 27.6 Å². The topological polar surface area (TPSA) is 96.6 Å². The van der Waals surface area contributed by atoms with Crippen LogP contribution in [0.1, 0.15) is 17.3 Å². The van der Waals surface area contributed by atoms with Gasteiger partial charge in [-0.05, 0) is 13.0 Å². The van der Waals surface area contributed by atoms with Crippen LogP contribution in [0.2, 0.25) is 0 Å². The number of alkyl halides is 3. The number of carboxylic acid groups (broad SMARTS) is 1. The summed E-state index contributed by atoms with van der Waals surface area (Å²) in [6, 6.07) is 1.74. The van der Waals surface area contributed by atoms with Gasteiger partial charge in [0.2, 0.25) is 5.54 Å². The summed E-state index contributed by atoms with van der Waals surface area (Å²) >= 11 is 0. The molecule has 19 heavy (non-hydrogen) atoms. The first-order chi connectivity index (χ1) is 8.58. The Morgan fingerprint density at radius 2 is 1.89 bits per heavy atom. The second-order valence-corrected chi connectivity index (χ2v) is 3.73. The molecule has 0 aromatic carbocycles. The van der Waals surface area contributed by atoms with E-state index >= 15 is 0 Å². The van der Waals surface area contributed by atoms with Crippen molar-refractivity contribution in [3.8, 4) is 0 Å². The van der Waals surface area contributed by atoms with Gasteiger partial charge in [0.05, 0.1) is 5.56 Å². The SMILES string of the molecule is CC(NC(=O)c1ccc(=O)oc1)(C(=O)O)C(F)(F)F. The second kappa shape index (κ2) is 4.75. The summed E-state index contributed by atoms with van der Waals surface area (Å²) in [5.41, 5.74) is -4.65. The zero-order valence-corrected chi connectivity index (χ0v) is 9.45. The van der Waals surface area contributed by atoms with Crippen molar-refractivity contribution in [3.63, 3.8) is 0 Å². The van der Waals surface area contributed by atoms with E-state index in [-0.39, 0.29) is 0 Å². The van der Waals surface area contributed by atoms with Crippen molar-refractivity contribution < 1.29 is 32.3 Å². The Kier molecular flexibility index (Phi) is 3.68. The minimum absolute atomic E-state index is 0.312. The van der Waals surface area contributed by atoms with E-state index in [4.69, 9.17) is 5.11 Å². The van der Waals surface area contributed by atoms with E-state index in [1.165, 1.54) is 5.32 Å². The molecule has 104 valence electrons. The predicted octanol–water partition coefficient (Wildman–Crippen LogP) is 0.775. The molecule has 6 nitrogen and oxygen atoms in total. The highest BCUT2D eigenvalue weighted by Crippen LogP contribution is 2.30. The summed E-state index contributed by atoms with van der Waals surface area (Å²) in [6.45, 7) is 0.312. The largest absolute Gasteiger partial charge is 0.479 e. The maximum Gasteiger partial charge on any atom is 0.422 e. The first-order valence-corrected chi connectivity index (χ1v) is 4.79. The maximum atomic E-state index is 12.6. The molecule has 1 unspecified atom stereocenters. The standard InChI is InChI=1S/C10H8F3NO5/c1-9(8(17)18,10(11,12)13)14-7(16)5-2-3-6(15)19-4-5/h2-4H,1H3,(H,14,16)(H,17,18). The number of rotatable bonds is 3. The van der Waals surface area contributed by atoms with E-state index in [0.29, 0.717) is 13.2 Å². The number of carboxylic acids is 1. The Hall–Kier alpha value is -2.32. The van der Waals surface area contributed by atoms with Gasteiger partial charge in [-0.15, -0.1) is 0 Å². The molecule has 1 aromatic rings. The van der Waals surface area contributed by atoms with Gasteiger partial charge in [-0.2, -0.15) is 13.2 Å². The van der Waals surface area contributed by atoms with Crippen molar-refractivity contribution in [1.82, 2.24) is 5.32 Å². The van der Waals surface area contributed by atoms with Crippen molar-refractivity contribution in [2.45, 2.75) is 18.6 Å². The van der Waals surface area contributed by atoms with Crippen molar-refractivity contribution in [2.24, 2.45) is 0 Å². The third-order valence-electron chi connectivity index (χ3n) is 2.32. The lowest BCUT2D eigenvalue weighted by atomic mass is 10.0. The van der Waals surface area contributed by atoms with Crippen LogP contribution in [0.5, 0.6) is 0 Å². The average Bonchev–Trinajstić information content (AvgIpc) is 2.27. The first-order valence-electron chi connectivity index (χ1n) is 4.79. The molecule has 0 spiro atoms. The molecule has 1 rings (SSSR count). The number of hydrogen-bond donors (Lipinski definition) is 2. The summed E-state index contributed by atoms with van der Waals surface area (Å²) in [5.74, 6) is -3.59. The lowest BCUT2D eigenvalue weighted by Gasteiger charge is -2.28. The molecule has 0 aliphatic heterocycles. The second-order valence-electron chi connectivity index (χ2n) is 3.73. The summed E-state index contributed by atoms with van der Waals surface area (Å²) in [7, 11) is 0. The van der Waals surface area contributed by atoms with Gasteiger partial charge < -0.3 is 14.8 Å². The molecule has 1 heterocycles. The normalized spacial score (nSPS) is 14.5. The number of amides is 1. The molecule has 2 N–H and O–H groups in total. The number of carbonyl (C=O) groups is 2. The third kappa shape index (κ3) is 2.92. The number of halogens is 3. The van der Waals surface area contributed by atoms with Gasteiger partial charge >= 0.3 is 17.8 Å². The molecule has 1 atom stereocenters. The van der Waals surface area contributed by atoms with Gasteiger partial charge in [0.25, 0.3) is 5.91 Å². The molecule has 0 aliphatic carbocycles. The van der Waals surface area contributed by atoms with E-state index in [2.05, 4.69) is 4.42 Å². The number of nitrogens with one attached hydrogen (secondary N) is 1. The molecule has 1 amide bonds. The predicted molar refractivity (Wildman–Crippen MR) is 54.5 cm³/mol. The fourth-order valence-corrected chi connectivity index (χ4v) is 1.03. The van der Waals surface area contributed by atoms with Gasteiger partial charge in [0.1, 0.15) is 6.26 Å². The monoisotopic (exact) mass is 279 g/mol. The number of aliphatic carboxylic acids is 1. The molecule has 1 aromatic heterocycles. The lowest BCUT2D eigenvalue weighted by Crippen LogP contribution is -2.61. The van der Waals surface area contributed by atoms with Gasteiger partial charge in [-0.25, -0.2) is 9.59 Å². The molecular weight excluding hydrogens is 271 g/mol. The van der Waals surface area contributed by atoms with E-state index in [1.54, 1.807) is 0 Å². The quantitative estimate of drug-likeness (QED) is 0.852. The van der Waals surface area contributed by atoms with Crippen LogP contribution < -0.4 is 10.9 Å². The van der Waals surface area contributed by atoms with Gasteiger partial charge in [0, 0.05) is 6.07 Å². The zero-order valence-electron chi connectivity index (χ0n) is 9.45. The van der Waals surface area contributed by atoms with Crippen LogP contribution in [0.4, 0.5) is 13.2 Å². The van der Waals surface area contributed by atoms with Crippen molar-refractivity contribution >= 4 is 11.9 Å². The highest BCUT2D eigenvalue weighted by Gasteiger charge is 2.58. The minimum atomic E-state index is -5.19. The molecule has 0 aliphatic rings. The number of hydrogen-bond acceptors (Lipinski definition) is 4. The Balaban J connectivity index is 3.05.